The van der Waals surface area contributed by atoms with Gasteiger partial charge in [0.25, 0.3) is 5.91 Å². The summed E-state index contributed by atoms with van der Waals surface area (Å²) in [6.07, 6.45) is 3.47. The van der Waals surface area contributed by atoms with Crippen molar-refractivity contribution >= 4 is 11.9 Å². The molecule has 1 heterocycles. The van der Waals surface area contributed by atoms with Crippen LogP contribution >= 0.6 is 0 Å². The Morgan fingerprint density at radius 3 is 2.84 bits per heavy atom. The van der Waals surface area contributed by atoms with E-state index in [4.69, 9.17) is 5.11 Å². The number of hydrogen-bond acceptors (Lipinski definition) is 2. The second-order valence-corrected chi connectivity index (χ2v) is 4.90. The number of fused-ring (bicyclic) bond motifs is 1. The molecule has 0 aromatic heterocycles. The molecule has 2 rings (SSSR count). The van der Waals surface area contributed by atoms with Gasteiger partial charge in [-0.1, -0.05) is 18.2 Å². The van der Waals surface area contributed by atoms with Crippen LogP contribution in [-0.4, -0.2) is 35.0 Å². The van der Waals surface area contributed by atoms with Crippen molar-refractivity contribution in [3.63, 3.8) is 0 Å². The lowest BCUT2D eigenvalue weighted by atomic mass is 10.0. The highest BCUT2D eigenvalue weighted by molar-refractivity contribution is 5.96. The van der Waals surface area contributed by atoms with Gasteiger partial charge >= 0.3 is 5.97 Å². The molecular weight excluding hydrogens is 242 g/mol. The Balaban J connectivity index is 1.95. The number of carboxylic acids is 1. The molecule has 19 heavy (non-hydrogen) atoms. The van der Waals surface area contributed by atoms with Crippen LogP contribution in [0.25, 0.3) is 0 Å². The van der Waals surface area contributed by atoms with Crippen molar-refractivity contribution in [3.8, 4) is 0 Å². The van der Waals surface area contributed by atoms with Crippen LogP contribution in [0, 0.1) is 0 Å². The van der Waals surface area contributed by atoms with Crippen LogP contribution in [0.1, 0.15) is 41.6 Å². The van der Waals surface area contributed by atoms with Crippen LogP contribution in [0.4, 0.5) is 0 Å². The molecule has 102 valence electrons. The number of hydrogen-bond donors (Lipinski definition) is 1. The first-order valence-electron chi connectivity index (χ1n) is 6.77. The average Bonchev–Trinajstić information content (AvgIpc) is 2.55. The number of aryl methyl sites for hydroxylation is 1. The van der Waals surface area contributed by atoms with E-state index in [0.717, 1.165) is 36.9 Å². The number of aliphatic carboxylic acids is 1. The number of benzene rings is 1. The first-order chi connectivity index (χ1) is 9.18. The van der Waals surface area contributed by atoms with Gasteiger partial charge in [-0.05, 0) is 37.3 Å². The fraction of sp³-hybridized carbons (Fsp3) is 0.467. The minimum Gasteiger partial charge on any atom is -0.481 e. The smallest absolute Gasteiger partial charge is 0.303 e. The Morgan fingerprint density at radius 2 is 2.05 bits per heavy atom. The lowest BCUT2D eigenvalue weighted by Gasteiger charge is -2.20. The maximum absolute atomic E-state index is 12.4. The van der Waals surface area contributed by atoms with Crippen molar-refractivity contribution in [1.29, 1.82) is 0 Å². The summed E-state index contributed by atoms with van der Waals surface area (Å²) < 4.78 is 0. The van der Waals surface area contributed by atoms with Gasteiger partial charge in [0.1, 0.15) is 0 Å². The minimum absolute atomic E-state index is 0.0865. The van der Waals surface area contributed by atoms with Crippen LogP contribution in [0.3, 0.4) is 0 Å². The second kappa shape index (κ2) is 6.36. The number of rotatable bonds is 5. The van der Waals surface area contributed by atoms with E-state index in [2.05, 4.69) is 0 Å². The highest BCUT2D eigenvalue weighted by Gasteiger charge is 2.21. The summed E-state index contributed by atoms with van der Waals surface area (Å²) in [5, 5.41) is 8.60. The van der Waals surface area contributed by atoms with Crippen molar-refractivity contribution < 1.29 is 14.7 Å². The Labute approximate surface area is 113 Å². The Hall–Kier alpha value is -1.84. The Kier molecular flexibility index (Phi) is 4.55. The van der Waals surface area contributed by atoms with Crippen molar-refractivity contribution in [1.82, 2.24) is 4.90 Å². The summed E-state index contributed by atoms with van der Waals surface area (Å²) in [5.74, 6) is -0.684. The molecule has 1 aromatic rings. The summed E-state index contributed by atoms with van der Waals surface area (Å²) in [5.41, 5.74) is 1.93. The fourth-order valence-corrected chi connectivity index (χ4v) is 2.47. The molecular formula is C15H19NO3. The standard InChI is InChI=1S/C15H19NO3/c17-14(18)9-3-4-10-16-11-5-7-12-6-1-2-8-13(12)15(16)19/h1-2,6,8H,3-5,7,9-11H2,(H,17,18). The van der Waals surface area contributed by atoms with E-state index in [-0.39, 0.29) is 12.3 Å². The number of carbonyl (C=O) groups excluding carboxylic acids is 1. The van der Waals surface area contributed by atoms with Crippen molar-refractivity contribution in [2.75, 3.05) is 13.1 Å². The first kappa shape index (κ1) is 13.6. The van der Waals surface area contributed by atoms with Crippen molar-refractivity contribution in [2.24, 2.45) is 0 Å². The summed E-state index contributed by atoms with van der Waals surface area (Å²) in [7, 11) is 0. The van der Waals surface area contributed by atoms with E-state index in [9.17, 15) is 9.59 Å². The third-order valence-corrected chi connectivity index (χ3v) is 3.48. The van der Waals surface area contributed by atoms with Gasteiger partial charge in [-0.3, -0.25) is 9.59 Å². The lowest BCUT2D eigenvalue weighted by molar-refractivity contribution is -0.137. The zero-order valence-corrected chi connectivity index (χ0v) is 11.0. The lowest BCUT2D eigenvalue weighted by Crippen LogP contribution is -2.31. The van der Waals surface area contributed by atoms with Crippen LogP contribution in [0.15, 0.2) is 24.3 Å². The zero-order valence-electron chi connectivity index (χ0n) is 11.0. The predicted molar refractivity (Wildman–Crippen MR) is 72.2 cm³/mol. The summed E-state index contributed by atoms with van der Waals surface area (Å²) in [6.45, 7) is 1.42. The van der Waals surface area contributed by atoms with Crippen LogP contribution in [-0.2, 0) is 11.2 Å². The van der Waals surface area contributed by atoms with Crippen molar-refractivity contribution in [3.05, 3.63) is 35.4 Å². The largest absolute Gasteiger partial charge is 0.481 e. The van der Waals surface area contributed by atoms with Gasteiger partial charge in [-0.25, -0.2) is 0 Å². The van der Waals surface area contributed by atoms with Crippen molar-refractivity contribution in [2.45, 2.75) is 32.1 Å². The number of amides is 1. The highest BCUT2D eigenvalue weighted by atomic mass is 16.4. The molecule has 1 N–H and O–H groups in total. The third-order valence-electron chi connectivity index (χ3n) is 3.48. The van der Waals surface area contributed by atoms with Crippen LogP contribution < -0.4 is 0 Å². The van der Waals surface area contributed by atoms with Gasteiger partial charge in [0.15, 0.2) is 0 Å². The van der Waals surface area contributed by atoms with E-state index in [1.54, 1.807) is 0 Å². The molecule has 0 saturated heterocycles. The Bertz CT molecular complexity index is 470. The number of carboxylic acid groups (broad SMARTS) is 1. The van der Waals surface area contributed by atoms with Gasteiger partial charge < -0.3 is 10.0 Å². The third kappa shape index (κ3) is 3.56. The molecule has 1 amide bonds. The maximum atomic E-state index is 12.4. The molecule has 0 radical (unpaired) electrons. The van der Waals surface area contributed by atoms with E-state index >= 15 is 0 Å². The van der Waals surface area contributed by atoms with Crippen LogP contribution in [0.2, 0.25) is 0 Å². The molecule has 1 aliphatic heterocycles. The number of nitrogens with zero attached hydrogens (tertiary/aromatic N) is 1. The van der Waals surface area contributed by atoms with Crippen LogP contribution in [0.5, 0.6) is 0 Å². The van der Waals surface area contributed by atoms with E-state index < -0.39 is 5.97 Å². The molecule has 0 bridgehead atoms. The van der Waals surface area contributed by atoms with E-state index in [1.165, 1.54) is 0 Å². The molecule has 1 aromatic carbocycles. The predicted octanol–water partition coefficient (Wildman–Crippen LogP) is 2.33. The molecule has 4 nitrogen and oxygen atoms in total. The molecule has 4 heteroatoms. The average molecular weight is 261 g/mol. The van der Waals surface area contributed by atoms with E-state index in [0.29, 0.717) is 13.0 Å². The number of unbranched alkanes of at least 4 members (excludes halogenated alkanes) is 1. The molecule has 0 atom stereocenters. The maximum Gasteiger partial charge on any atom is 0.303 e. The summed E-state index contributed by atoms with van der Waals surface area (Å²) in [4.78, 5) is 24.7. The molecule has 1 aliphatic rings. The number of carbonyl (C=O) groups is 2. The molecule has 0 aliphatic carbocycles. The molecule has 0 unspecified atom stereocenters. The zero-order chi connectivity index (χ0) is 13.7. The summed E-state index contributed by atoms with van der Waals surface area (Å²) >= 11 is 0. The first-order valence-corrected chi connectivity index (χ1v) is 6.77. The van der Waals surface area contributed by atoms with Gasteiger partial charge in [-0.15, -0.1) is 0 Å². The monoisotopic (exact) mass is 261 g/mol. The molecule has 0 spiro atoms. The quantitative estimate of drug-likeness (QED) is 0.828. The molecule has 0 fully saturated rings. The SMILES string of the molecule is O=C(O)CCCCN1CCCc2ccccc2C1=O. The highest BCUT2D eigenvalue weighted by Crippen LogP contribution is 2.18. The van der Waals surface area contributed by atoms with Gasteiger partial charge in [-0.2, -0.15) is 0 Å². The normalized spacial score (nSPS) is 14.9. The van der Waals surface area contributed by atoms with Gasteiger partial charge in [0.05, 0.1) is 0 Å². The van der Waals surface area contributed by atoms with E-state index in [1.807, 2.05) is 29.2 Å². The topological polar surface area (TPSA) is 57.6 Å². The summed E-state index contributed by atoms with van der Waals surface area (Å²) in [6, 6.07) is 7.76. The molecule has 0 saturated carbocycles. The second-order valence-electron chi connectivity index (χ2n) is 4.90. The Morgan fingerprint density at radius 1 is 1.26 bits per heavy atom. The minimum atomic E-state index is -0.771. The fourth-order valence-electron chi connectivity index (χ4n) is 2.47. The van der Waals surface area contributed by atoms with Gasteiger partial charge in [0.2, 0.25) is 0 Å². The van der Waals surface area contributed by atoms with Gasteiger partial charge in [0, 0.05) is 25.1 Å².